The summed E-state index contributed by atoms with van der Waals surface area (Å²) in [4.78, 5) is 0. The van der Waals surface area contributed by atoms with E-state index in [0.717, 1.165) is 5.56 Å². The molecule has 0 atom stereocenters. The molecule has 0 saturated heterocycles. The minimum Gasteiger partial charge on any atom is -0.457 e. The average molecular weight is 258 g/mol. The third kappa shape index (κ3) is 3.23. The predicted molar refractivity (Wildman–Crippen MR) is 71.4 cm³/mol. The van der Waals surface area contributed by atoms with Crippen LogP contribution < -0.4 is 10.5 Å². The molecule has 5 heteroatoms. The van der Waals surface area contributed by atoms with Gasteiger partial charge < -0.3 is 20.8 Å². The van der Waals surface area contributed by atoms with Crippen molar-refractivity contribution in [3.8, 4) is 11.5 Å². The summed E-state index contributed by atoms with van der Waals surface area (Å²) >= 11 is 0. The van der Waals surface area contributed by atoms with Gasteiger partial charge in [-0.25, -0.2) is 0 Å². The van der Waals surface area contributed by atoms with Gasteiger partial charge in [0.15, 0.2) is 5.84 Å². The van der Waals surface area contributed by atoms with Gasteiger partial charge in [-0.05, 0) is 42.0 Å². The van der Waals surface area contributed by atoms with Gasteiger partial charge in [-0.2, -0.15) is 0 Å². The average Bonchev–Trinajstić information content (AvgIpc) is 2.48. The lowest BCUT2D eigenvalue weighted by Crippen LogP contribution is -2.12. The number of benzene rings is 2. The van der Waals surface area contributed by atoms with Gasteiger partial charge in [-0.1, -0.05) is 17.3 Å². The molecular formula is C14H14N2O3. The molecule has 0 spiro atoms. The Labute approximate surface area is 110 Å². The Balaban J connectivity index is 2.10. The highest BCUT2D eigenvalue weighted by Gasteiger charge is 2.01. The first kappa shape index (κ1) is 12.9. The van der Waals surface area contributed by atoms with Crippen molar-refractivity contribution < 1.29 is 15.1 Å². The fraction of sp³-hybridized carbons (Fsp3) is 0.0714. The Bertz CT molecular complexity index is 562. The Morgan fingerprint density at radius 1 is 1.00 bits per heavy atom. The summed E-state index contributed by atoms with van der Waals surface area (Å²) in [5.74, 6) is 1.37. The van der Waals surface area contributed by atoms with Crippen molar-refractivity contribution in [1.82, 2.24) is 0 Å². The quantitative estimate of drug-likeness (QED) is 0.339. The fourth-order valence-corrected chi connectivity index (χ4v) is 1.55. The molecule has 98 valence electrons. The van der Waals surface area contributed by atoms with Crippen LogP contribution in [0, 0.1) is 0 Å². The molecule has 0 aromatic heterocycles. The highest BCUT2D eigenvalue weighted by Crippen LogP contribution is 2.22. The zero-order chi connectivity index (χ0) is 13.7. The topological polar surface area (TPSA) is 88.1 Å². The first-order chi connectivity index (χ1) is 9.22. The molecule has 0 aliphatic carbocycles. The molecule has 0 aliphatic rings. The molecule has 19 heavy (non-hydrogen) atoms. The van der Waals surface area contributed by atoms with Crippen molar-refractivity contribution in [2.75, 3.05) is 0 Å². The van der Waals surface area contributed by atoms with Gasteiger partial charge in [0.1, 0.15) is 11.5 Å². The van der Waals surface area contributed by atoms with Crippen LogP contribution in [-0.4, -0.2) is 16.1 Å². The van der Waals surface area contributed by atoms with Crippen LogP contribution in [0.15, 0.2) is 53.7 Å². The number of oxime groups is 1. The van der Waals surface area contributed by atoms with Crippen molar-refractivity contribution >= 4 is 5.84 Å². The van der Waals surface area contributed by atoms with E-state index in [1.165, 1.54) is 0 Å². The highest BCUT2D eigenvalue weighted by molar-refractivity contribution is 5.97. The van der Waals surface area contributed by atoms with E-state index in [1.807, 2.05) is 0 Å². The Morgan fingerprint density at radius 2 is 1.53 bits per heavy atom. The highest BCUT2D eigenvalue weighted by atomic mass is 16.5. The third-order valence-corrected chi connectivity index (χ3v) is 2.60. The van der Waals surface area contributed by atoms with Crippen LogP contribution in [0.3, 0.4) is 0 Å². The lowest BCUT2D eigenvalue weighted by atomic mass is 10.2. The number of nitrogens with two attached hydrogens (primary N) is 1. The second kappa shape index (κ2) is 5.88. The standard InChI is InChI=1S/C14H14N2O3/c15-14(16-18)11-3-7-13(8-4-11)19-12-5-1-10(9-17)2-6-12/h1-8,17-18H,9H2,(H2,15,16). The minimum atomic E-state index is 0.00868. The summed E-state index contributed by atoms with van der Waals surface area (Å²) < 4.78 is 5.62. The van der Waals surface area contributed by atoms with E-state index in [0.29, 0.717) is 17.1 Å². The van der Waals surface area contributed by atoms with E-state index < -0.39 is 0 Å². The molecule has 2 aromatic carbocycles. The smallest absolute Gasteiger partial charge is 0.170 e. The van der Waals surface area contributed by atoms with Crippen molar-refractivity contribution in [3.63, 3.8) is 0 Å². The van der Waals surface area contributed by atoms with E-state index in [4.69, 9.17) is 20.8 Å². The van der Waals surface area contributed by atoms with E-state index in [2.05, 4.69) is 5.16 Å². The van der Waals surface area contributed by atoms with Gasteiger partial charge in [-0.3, -0.25) is 0 Å². The van der Waals surface area contributed by atoms with Crippen LogP contribution in [0.2, 0.25) is 0 Å². The number of hydrogen-bond acceptors (Lipinski definition) is 4. The molecule has 0 aliphatic heterocycles. The van der Waals surface area contributed by atoms with Crippen molar-refractivity contribution in [2.24, 2.45) is 10.9 Å². The zero-order valence-electron chi connectivity index (χ0n) is 10.2. The molecule has 2 aromatic rings. The minimum absolute atomic E-state index is 0.00868. The van der Waals surface area contributed by atoms with Crippen molar-refractivity contribution in [1.29, 1.82) is 0 Å². The summed E-state index contributed by atoms with van der Waals surface area (Å²) in [5, 5.41) is 20.4. The van der Waals surface area contributed by atoms with Crippen LogP contribution in [0.4, 0.5) is 0 Å². The summed E-state index contributed by atoms with van der Waals surface area (Å²) in [6, 6.07) is 14.0. The van der Waals surface area contributed by atoms with Crippen molar-refractivity contribution in [3.05, 3.63) is 59.7 Å². The van der Waals surface area contributed by atoms with Crippen molar-refractivity contribution in [2.45, 2.75) is 6.61 Å². The monoisotopic (exact) mass is 258 g/mol. The fourth-order valence-electron chi connectivity index (χ4n) is 1.55. The molecule has 0 unspecified atom stereocenters. The lowest BCUT2D eigenvalue weighted by Gasteiger charge is -2.07. The first-order valence-electron chi connectivity index (χ1n) is 5.68. The number of rotatable bonds is 4. The Morgan fingerprint density at radius 3 is 2.00 bits per heavy atom. The second-order valence-corrected chi connectivity index (χ2v) is 3.91. The number of ether oxygens (including phenoxy) is 1. The molecule has 0 heterocycles. The second-order valence-electron chi connectivity index (χ2n) is 3.91. The SMILES string of the molecule is NC(=NO)c1ccc(Oc2ccc(CO)cc2)cc1. The van der Waals surface area contributed by atoms with E-state index >= 15 is 0 Å². The lowest BCUT2D eigenvalue weighted by molar-refractivity contribution is 0.281. The molecule has 0 saturated carbocycles. The van der Waals surface area contributed by atoms with Crippen LogP contribution in [-0.2, 0) is 6.61 Å². The van der Waals surface area contributed by atoms with Crippen LogP contribution in [0.5, 0.6) is 11.5 Å². The maximum absolute atomic E-state index is 8.94. The Hall–Kier alpha value is -2.53. The number of hydrogen-bond donors (Lipinski definition) is 3. The zero-order valence-corrected chi connectivity index (χ0v) is 10.2. The van der Waals surface area contributed by atoms with Gasteiger partial charge in [0.2, 0.25) is 0 Å². The van der Waals surface area contributed by atoms with E-state index in [1.54, 1.807) is 48.5 Å². The molecule has 0 radical (unpaired) electrons. The summed E-state index contributed by atoms with van der Waals surface area (Å²) in [7, 11) is 0. The van der Waals surface area contributed by atoms with Crippen LogP contribution >= 0.6 is 0 Å². The normalized spacial score (nSPS) is 11.3. The van der Waals surface area contributed by atoms with Crippen LogP contribution in [0.25, 0.3) is 0 Å². The summed E-state index contributed by atoms with van der Waals surface area (Å²) in [5.41, 5.74) is 6.91. The molecule has 0 bridgehead atoms. The summed E-state index contributed by atoms with van der Waals surface area (Å²) in [6.07, 6.45) is 0. The Kier molecular flexibility index (Phi) is 4.00. The van der Waals surface area contributed by atoms with Gasteiger partial charge >= 0.3 is 0 Å². The first-order valence-corrected chi connectivity index (χ1v) is 5.68. The molecule has 4 N–H and O–H groups in total. The van der Waals surface area contributed by atoms with Crippen LogP contribution in [0.1, 0.15) is 11.1 Å². The van der Waals surface area contributed by atoms with E-state index in [9.17, 15) is 0 Å². The van der Waals surface area contributed by atoms with Gasteiger partial charge in [0, 0.05) is 5.56 Å². The number of nitrogens with zero attached hydrogens (tertiary/aromatic N) is 1. The third-order valence-electron chi connectivity index (χ3n) is 2.60. The molecule has 0 amide bonds. The maximum atomic E-state index is 8.94. The predicted octanol–water partition coefficient (Wildman–Crippen LogP) is 2.07. The van der Waals surface area contributed by atoms with E-state index in [-0.39, 0.29) is 12.4 Å². The van der Waals surface area contributed by atoms with Gasteiger partial charge in [0.05, 0.1) is 6.61 Å². The molecular weight excluding hydrogens is 244 g/mol. The number of amidine groups is 1. The van der Waals surface area contributed by atoms with Gasteiger partial charge in [-0.15, -0.1) is 0 Å². The molecule has 5 nitrogen and oxygen atoms in total. The number of aliphatic hydroxyl groups is 1. The largest absolute Gasteiger partial charge is 0.457 e. The van der Waals surface area contributed by atoms with Gasteiger partial charge in [0.25, 0.3) is 0 Å². The molecule has 0 fully saturated rings. The number of aliphatic hydroxyl groups excluding tert-OH is 1. The molecule has 2 rings (SSSR count). The summed E-state index contributed by atoms with van der Waals surface area (Å²) in [6.45, 7) is 0.00868. The maximum Gasteiger partial charge on any atom is 0.170 e.